The molecule has 0 radical (unpaired) electrons. The van der Waals surface area contributed by atoms with Gasteiger partial charge in [0, 0.05) is 0 Å². The molecule has 0 unspecified atom stereocenters. The predicted octanol–water partition coefficient (Wildman–Crippen LogP) is 2.25. The lowest BCUT2D eigenvalue weighted by atomic mass is 9.98. The monoisotopic (exact) mass is 728 g/mol. The minimum atomic E-state index is -0.0509. The Morgan fingerprint density at radius 2 is 0.920 bits per heavy atom. The van der Waals surface area contributed by atoms with Crippen molar-refractivity contribution < 1.29 is 52.8 Å². The Balaban J connectivity index is 0.00000433. The molecule has 278 valence electrons. The van der Waals surface area contributed by atoms with E-state index < -0.39 is 0 Å². The van der Waals surface area contributed by atoms with E-state index >= 15 is 0 Å². The standard InChI is InChI=1S/C42H62N2O4.2ClH/c1-5-29-47-41(45)33-43(23-9-7-10-24-43)27-21-35(3)31-37-13-17-39(18-14-37)40-19-15-38(16-20-40)32-36(4)22-28-44(25-11-8-12-26-44)34-42(46)48-30-6-2;;/h13-22H,5-12,23-34H2,1-4H3;2*1H/q+2;;/p-2/b35-21+,36-22+;;. The third-order valence-corrected chi connectivity index (χ3v) is 10.3. The van der Waals surface area contributed by atoms with E-state index in [0.29, 0.717) is 26.3 Å². The van der Waals surface area contributed by atoms with Crippen molar-refractivity contribution in [1.29, 1.82) is 0 Å². The normalized spacial score (nSPS) is 17.2. The van der Waals surface area contributed by atoms with Crippen LogP contribution in [-0.2, 0) is 31.9 Å². The fourth-order valence-electron chi connectivity index (χ4n) is 7.36. The quantitative estimate of drug-likeness (QED) is 0.143. The maximum absolute atomic E-state index is 12.5. The average Bonchev–Trinajstić information content (AvgIpc) is 3.10. The zero-order chi connectivity index (χ0) is 34.2. The molecule has 0 amide bonds. The summed E-state index contributed by atoms with van der Waals surface area (Å²) >= 11 is 0. The second kappa shape index (κ2) is 22.3. The van der Waals surface area contributed by atoms with E-state index in [0.717, 1.165) is 73.9 Å². The van der Waals surface area contributed by atoms with Crippen molar-refractivity contribution in [1.82, 2.24) is 0 Å². The van der Waals surface area contributed by atoms with Gasteiger partial charge in [0.05, 0.1) is 52.5 Å². The first-order chi connectivity index (χ1) is 23.2. The lowest BCUT2D eigenvalue weighted by Gasteiger charge is -2.40. The molecule has 0 atom stereocenters. The third-order valence-electron chi connectivity index (χ3n) is 10.3. The number of allylic oxidation sites excluding steroid dienone is 2. The second-order valence-corrected chi connectivity index (χ2v) is 14.7. The molecule has 4 rings (SSSR count). The molecular weight excluding hydrogens is 667 g/mol. The van der Waals surface area contributed by atoms with Gasteiger partial charge in [-0.25, -0.2) is 9.59 Å². The molecule has 2 aromatic carbocycles. The van der Waals surface area contributed by atoms with Crippen molar-refractivity contribution in [3.05, 3.63) is 83.0 Å². The number of carbonyl (C=O) groups is 2. The average molecular weight is 730 g/mol. The van der Waals surface area contributed by atoms with E-state index in [-0.39, 0.29) is 36.8 Å². The molecule has 0 spiro atoms. The first-order valence-electron chi connectivity index (χ1n) is 18.7. The van der Waals surface area contributed by atoms with Crippen LogP contribution in [0.4, 0.5) is 0 Å². The molecule has 0 bridgehead atoms. The molecule has 2 aliphatic heterocycles. The van der Waals surface area contributed by atoms with Crippen LogP contribution in [0.15, 0.2) is 71.8 Å². The Morgan fingerprint density at radius 1 is 0.580 bits per heavy atom. The Hall–Kier alpha value is -2.64. The van der Waals surface area contributed by atoms with Gasteiger partial charge in [-0.15, -0.1) is 0 Å². The number of hydrogen-bond acceptors (Lipinski definition) is 4. The lowest BCUT2D eigenvalue weighted by Crippen LogP contribution is -3.00. The highest BCUT2D eigenvalue weighted by atomic mass is 35.5. The van der Waals surface area contributed by atoms with Crippen molar-refractivity contribution in [2.45, 2.75) is 91.9 Å². The highest BCUT2D eigenvalue weighted by Gasteiger charge is 2.33. The maximum atomic E-state index is 12.5. The van der Waals surface area contributed by atoms with Gasteiger partial charge < -0.3 is 43.3 Å². The SMILES string of the molecule is CCCOC(=O)C[N+]1(C/C=C(\C)Cc2ccc(-c3ccc(C/C(C)=C/C[N+]4(CC(=O)OCCC)CCCCC4)cc3)cc2)CCCCC1.[Cl-].[Cl-]. The summed E-state index contributed by atoms with van der Waals surface area (Å²) in [5.74, 6) is -0.102. The zero-order valence-corrected chi connectivity index (χ0v) is 32.7. The second-order valence-electron chi connectivity index (χ2n) is 14.7. The van der Waals surface area contributed by atoms with Gasteiger partial charge in [-0.2, -0.15) is 0 Å². The highest BCUT2D eigenvalue weighted by Crippen LogP contribution is 2.24. The summed E-state index contributed by atoms with van der Waals surface area (Å²) in [5, 5.41) is 0. The van der Waals surface area contributed by atoms with Crippen LogP contribution in [0.25, 0.3) is 11.1 Å². The molecule has 8 heteroatoms. The van der Waals surface area contributed by atoms with E-state index in [9.17, 15) is 9.59 Å². The van der Waals surface area contributed by atoms with Crippen molar-refractivity contribution in [3.63, 3.8) is 0 Å². The molecule has 0 saturated carbocycles. The van der Waals surface area contributed by atoms with Gasteiger partial charge >= 0.3 is 11.9 Å². The lowest BCUT2D eigenvalue weighted by molar-refractivity contribution is -0.920. The first-order valence-corrected chi connectivity index (χ1v) is 18.7. The summed E-state index contributed by atoms with van der Waals surface area (Å²) in [6.45, 7) is 16.6. The summed E-state index contributed by atoms with van der Waals surface area (Å²) in [7, 11) is 0. The number of likely N-dealkylation sites (tertiary alicyclic amines) is 2. The molecule has 2 saturated heterocycles. The van der Waals surface area contributed by atoms with E-state index in [1.54, 1.807) is 0 Å². The summed E-state index contributed by atoms with van der Waals surface area (Å²) in [6, 6.07) is 17.9. The number of ether oxygens (including phenoxy) is 2. The Labute approximate surface area is 315 Å². The topological polar surface area (TPSA) is 52.6 Å². The van der Waals surface area contributed by atoms with E-state index in [1.165, 1.54) is 71.9 Å². The largest absolute Gasteiger partial charge is 1.00 e. The minimum Gasteiger partial charge on any atom is -1.00 e. The summed E-state index contributed by atoms with van der Waals surface area (Å²) in [5.41, 5.74) is 7.79. The summed E-state index contributed by atoms with van der Waals surface area (Å²) < 4.78 is 12.6. The minimum absolute atomic E-state index is 0. The van der Waals surface area contributed by atoms with Crippen LogP contribution in [0.2, 0.25) is 0 Å². The number of esters is 2. The van der Waals surface area contributed by atoms with Crippen molar-refractivity contribution in [3.8, 4) is 11.1 Å². The van der Waals surface area contributed by atoms with Gasteiger partial charge in [0.15, 0.2) is 13.1 Å². The van der Waals surface area contributed by atoms with Crippen LogP contribution in [0, 0.1) is 0 Å². The number of rotatable bonds is 17. The van der Waals surface area contributed by atoms with Gasteiger partial charge in [0.1, 0.15) is 0 Å². The van der Waals surface area contributed by atoms with Gasteiger partial charge in [-0.05, 0) is 112 Å². The van der Waals surface area contributed by atoms with E-state index in [1.807, 2.05) is 13.8 Å². The smallest absolute Gasteiger partial charge is 0.361 e. The summed E-state index contributed by atoms with van der Waals surface area (Å²) in [4.78, 5) is 25.0. The fraction of sp³-hybridized carbons (Fsp3) is 0.571. The van der Waals surface area contributed by atoms with Crippen molar-refractivity contribution in [2.75, 3.05) is 65.6 Å². The Bertz CT molecular complexity index is 1250. The number of quaternary nitrogens is 2. The molecule has 0 aromatic heterocycles. The third kappa shape index (κ3) is 14.2. The van der Waals surface area contributed by atoms with Crippen LogP contribution in [-0.4, -0.2) is 86.5 Å². The molecule has 2 aromatic rings. The van der Waals surface area contributed by atoms with Gasteiger partial charge in [0.25, 0.3) is 0 Å². The number of carbonyl (C=O) groups excluding carboxylic acids is 2. The van der Waals surface area contributed by atoms with E-state index in [4.69, 9.17) is 9.47 Å². The van der Waals surface area contributed by atoms with E-state index in [2.05, 4.69) is 74.5 Å². The van der Waals surface area contributed by atoms with Gasteiger partial charge in [-0.1, -0.05) is 73.5 Å². The van der Waals surface area contributed by atoms with Crippen LogP contribution >= 0.6 is 0 Å². The van der Waals surface area contributed by atoms with Crippen molar-refractivity contribution in [2.24, 2.45) is 0 Å². The number of nitrogens with zero attached hydrogens (tertiary/aromatic N) is 2. The Kier molecular flexibility index (Phi) is 19.4. The number of halogens is 2. The molecule has 2 aliphatic rings. The number of hydrogen-bond donors (Lipinski definition) is 0. The van der Waals surface area contributed by atoms with Crippen molar-refractivity contribution >= 4 is 11.9 Å². The Morgan fingerprint density at radius 3 is 1.24 bits per heavy atom. The maximum Gasteiger partial charge on any atom is 0.361 e. The van der Waals surface area contributed by atoms with Crippen LogP contribution < -0.4 is 24.8 Å². The molecular formula is C42H62Cl2N2O4. The van der Waals surface area contributed by atoms with Gasteiger partial charge in [0.2, 0.25) is 0 Å². The molecule has 0 aliphatic carbocycles. The fourth-order valence-corrected chi connectivity index (χ4v) is 7.36. The van der Waals surface area contributed by atoms with Crippen LogP contribution in [0.3, 0.4) is 0 Å². The molecule has 0 N–H and O–H groups in total. The molecule has 6 nitrogen and oxygen atoms in total. The number of piperidine rings is 2. The first kappa shape index (κ1) is 43.5. The van der Waals surface area contributed by atoms with Gasteiger partial charge in [-0.3, -0.25) is 0 Å². The molecule has 2 fully saturated rings. The predicted molar refractivity (Wildman–Crippen MR) is 196 cm³/mol. The molecule has 2 heterocycles. The molecule has 50 heavy (non-hydrogen) atoms. The highest BCUT2D eigenvalue weighted by molar-refractivity contribution is 5.71. The number of benzene rings is 2. The zero-order valence-electron chi connectivity index (χ0n) is 31.2. The summed E-state index contributed by atoms with van der Waals surface area (Å²) in [6.07, 6.45) is 15.6. The van der Waals surface area contributed by atoms with Crippen LogP contribution in [0.5, 0.6) is 0 Å². The van der Waals surface area contributed by atoms with Crippen LogP contribution in [0.1, 0.15) is 90.2 Å².